The zero-order chi connectivity index (χ0) is 28.0. The normalized spacial score (nSPS) is 17.0. The van der Waals surface area contributed by atoms with Crippen molar-refractivity contribution >= 4 is 40.5 Å². The Hall–Kier alpha value is -3.59. The monoisotopic (exact) mass is 521 g/mol. The zero-order valence-corrected chi connectivity index (χ0v) is 23.1. The van der Waals surface area contributed by atoms with Crippen LogP contribution in [0.15, 0.2) is 36.5 Å². The highest BCUT2D eigenvalue weighted by Crippen LogP contribution is 2.23. The van der Waals surface area contributed by atoms with Crippen molar-refractivity contribution in [3.8, 4) is 0 Å². The fourth-order valence-electron chi connectivity index (χ4n) is 4.21. The van der Waals surface area contributed by atoms with E-state index in [1.807, 2.05) is 18.2 Å². The second kappa shape index (κ2) is 12.3. The number of pyridine rings is 1. The van der Waals surface area contributed by atoms with Crippen LogP contribution >= 0.6 is 0 Å². The van der Waals surface area contributed by atoms with Crippen LogP contribution in [0.4, 0.5) is 0 Å². The molecule has 0 aliphatic carbocycles. The van der Waals surface area contributed by atoms with E-state index in [-0.39, 0.29) is 24.1 Å². The molecule has 1 aliphatic rings. The van der Waals surface area contributed by atoms with Crippen molar-refractivity contribution in [2.75, 3.05) is 13.1 Å². The Bertz CT molecular complexity index is 1240. The molecule has 2 unspecified atom stereocenters. The average molecular weight is 522 g/mol. The number of aromatic nitrogens is 1. The summed E-state index contributed by atoms with van der Waals surface area (Å²) in [6.07, 6.45) is 6.79. The standard InChI is InChI=1S/C29H39N5O4/c1-18(2)22-9-10-25-23(15-22)14-21(16-30-25)11-12-29(5,6)28(38)31-17-26(36)32-19(3)27(37)34-13-7-8-24(33-34)20(4)35/h9-12,14-16,18-19,24,33H,7-8,13,17H2,1-6H3,(H,31,38)(H,32,36)/b12-11+. The van der Waals surface area contributed by atoms with Crippen molar-refractivity contribution < 1.29 is 19.2 Å². The Morgan fingerprint density at radius 3 is 2.61 bits per heavy atom. The largest absolute Gasteiger partial charge is 0.346 e. The van der Waals surface area contributed by atoms with Gasteiger partial charge in [-0.25, -0.2) is 5.43 Å². The summed E-state index contributed by atoms with van der Waals surface area (Å²) in [5.41, 5.74) is 5.07. The summed E-state index contributed by atoms with van der Waals surface area (Å²) in [7, 11) is 0. The van der Waals surface area contributed by atoms with Gasteiger partial charge in [-0.05, 0) is 75.8 Å². The number of hydrogen-bond acceptors (Lipinski definition) is 6. The lowest BCUT2D eigenvalue weighted by Crippen LogP contribution is -2.59. The third-order valence-corrected chi connectivity index (χ3v) is 6.77. The molecule has 9 nitrogen and oxygen atoms in total. The molecule has 0 bridgehead atoms. The van der Waals surface area contributed by atoms with Crippen molar-refractivity contribution in [3.63, 3.8) is 0 Å². The predicted octanol–water partition coefficient (Wildman–Crippen LogP) is 3.10. The highest BCUT2D eigenvalue weighted by atomic mass is 16.2. The molecule has 204 valence electrons. The number of nitrogens with zero attached hydrogens (tertiary/aromatic N) is 2. The number of benzene rings is 1. The molecule has 1 aromatic carbocycles. The van der Waals surface area contributed by atoms with Crippen molar-refractivity contribution in [2.45, 2.75) is 72.4 Å². The van der Waals surface area contributed by atoms with E-state index < -0.39 is 23.4 Å². The van der Waals surface area contributed by atoms with Crippen LogP contribution in [-0.4, -0.2) is 58.7 Å². The molecule has 0 spiro atoms. The van der Waals surface area contributed by atoms with Gasteiger partial charge in [0.05, 0.1) is 23.5 Å². The molecule has 3 N–H and O–H groups in total. The molecule has 3 amide bonds. The van der Waals surface area contributed by atoms with Gasteiger partial charge >= 0.3 is 0 Å². The zero-order valence-electron chi connectivity index (χ0n) is 23.1. The first kappa shape index (κ1) is 29.0. The van der Waals surface area contributed by atoms with Crippen LogP contribution in [-0.2, 0) is 19.2 Å². The maximum Gasteiger partial charge on any atom is 0.258 e. The lowest BCUT2D eigenvalue weighted by Gasteiger charge is -2.34. The van der Waals surface area contributed by atoms with E-state index in [0.717, 1.165) is 16.5 Å². The molecule has 1 aliphatic heterocycles. The highest BCUT2D eigenvalue weighted by Gasteiger charge is 2.29. The van der Waals surface area contributed by atoms with E-state index in [4.69, 9.17) is 0 Å². The lowest BCUT2D eigenvalue weighted by molar-refractivity contribution is -0.142. The number of hydrogen-bond donors (Lipinski definition) is 3. The van der Waals surface area contributed by atoms with E-state index in [2.05, 4.69) is 47.0 Å². The summed E-state index contributed by atoms with van der Waals surface area (Å²) < 4.78 is 0. The maximum absolute atomic E-state index is 12.8. The van der Waals surface area contributed by atoms with Crippen LogP contribution in [0.5, 0.6) is 0 Å². The number of hydrazine groups is 1. The fourth-order valence-corrected chi connectivity index (χ4v) is 4.21. The van der Waals surface area contributed by atoms with Gasteiger partial charge in [0, 0.05) is 18.1 Å². The molecule has 0 radical (unpaired) electrons. The summed E-state index contributed by atoms with van der Waals surface area (Å²) in [5.74, 6) is -0.737. The molecule has 2 heterocycles. The smallest absolute Gasteiger partial charge is 0.258 e. The summed E-state index contributed by atoms with van der Waals surface area (Å²) in [6, 6.07) is 7.08. The van der Waals surface area contributed by atoms with Gasteiger partial charge in [0.2, 0.25) is 11.8 Å². The van der Waals surface area contributed by atoms with E-state index in [0.29, 0.717) is 25.3 Å². The Balaban J connectivity index is 1.53. The van der Waals surface area contributed by atoms with Crippen LogP contribution in [0, 0.1) is 5.41 Å². The van der Waals surface area contributed by atoms with Crippen LogP contribution in [0.25, 0.3) is 17.0 Å². The maximum atomic E-state index is 12.8. The molecule has 9 heteroatoms. The number of ketones is 1. The molecule has 1 saturated heterocycles. The molecule has 1 fully saturated rings. The van der Waals surface area contributed by atoms with E-state index in [1.165, 1.54) is 17.5 Å². The van der Waals surface area contributed by atoms with Gasteiger partial charge in [0.1, 0.15) is 11.8 Å². The Morgan fingerprint density at radius 1 is 1.18 bits per heavy atom. The number of fused-ring (bicyclic) bond motifs is 1. The summed E-state index contributed by atoms with van der Waals surface area (Å²) >= 11 is 0. The molecule has 2 atom stereocenters. The van der Waals surface area contributed by atoms with Gasteiger partial charge in [-0.2, -0.15) is 0 Å². The highest BCUT2D eigenvalue weighted by molar-refractivity contribution is 5.92. The van der Waals surface area contributed by atoms with Crippen LogP contribution in [0.1, 0.15) is 71.4 Å². The van der Waals surface area contributed by atoms with Crippen LogP contribution in [0.2, 0.25) is 0 Å². The minimum Gasteiger partial charge on any atom is -0.346 e. The average Bonchev–Trinajstić information content (AvgIpc) is 2.89. The molecule has 38 heavy (non-hydrogen) atoms. The van der Waals surface area contributed by atoms with Gasteiger partial charge in [-0.3, -0.25) is 29.2 Å². The number of nitrogens with one attached hydrogen (secondary N) is 3. The summed E-state index contributed by atoms with van der Waals surface area (Å²) in [4.78, 5) is 54.1. The van der Waals surface area contributed by atoms with Gasteiger partial charge in [0.15, 0.2) is 0 Å². The number of carbonyl (C=O) groups is 4. The molecule has 0 saturated carbocycles. The topological polar surface area (TPSA) is 121 Å². The van der Waals surface area contributed by atoms with Crippen LogP contribution in [0.3, 0.4) is 0 Å². The number of Topliss-reactive ketones (excluding diaryl/α,β-unsaturated/α-hetero) is 1. The first-order chi connectivity index (χ1) is 17.9. The van der Waals surface area contributed by atoms with E-state index >= 15 is 0 Å². The van der Waals surface area contributed by atoms with E-state index in [9.17, 15) is 19.2 Å². The first-order valence-electron chi connectivity index (χ1n) is 13.1. The third-order valence-electron chi connectivity index (χ3n) is 6.77. The molecule has 1 aromatic heterocycles. The summed E-state index contributed by atoms with van der Waals surface area (Å²) in [5, 5.41) is 7.70. The minimum absolute atomic E-state index is 0.0318. The van der Waals surface area contributed by atoms with Gasteiger partial charge < -0.3 is 10.6 Å². The van der Waals surface area contributed by atoms with E-state index in [1.54, 1.807) is 33.0 Å². The Morgan fingerprint density at radius 2 is 1.92 bits per heavy atom. The van der Waals surface area contributed by atoms with Gasteiger partial charge in [0.25, 0.3) is 5.91 Å². The number of carbonyl (C=O) groups excluding carboxylic acids is 4. The second-order valence-electron chi connectivity index (χ2n) is 10.8. The number of amides is 3. The lowest BCUT2D eigenvalue weighted by atomic mass is 9.91. The second-order valence-corrected chi connectivity index (χ2v) is 10.8. The molecular formula is C29H39N5O4. The summed E-state index contributed by atoms with van der Waals surface area (Å²) in [6.45, 7) is 11.1. The fraction of sp³-hybridized carbons (Fsp3) is 0.483. The molecule has 3 rings (SSSR count). The molecule has 2 aromatic rings. The Kier molecular flexibility index (Phi) is 9.38. The van der Waals surface area contributed by atoms with Gasteiger partial charge in [-0.1, -0.05) is 32.1 Å². The number of rotatable bonds is 9. The third kappa shape index (κ3) is 7.47. The van der Waals surface area contributed by atoms with Crippen LogP contribution < -0.4 is 16.1 Å². The van der Waals surface area contributed by atoms with Crippen molar-refractivity contribution in [2.24, 2.45) is 5.41 Å². The predicted molar refractivity (Wildman–Crippen MR) is 148 cm³/mol. The van der Waals surface area contributed by atoms with Crippen molar-refractivity contribution in [1.82, 2.24) is 26.1 Å². The SMILES string of the molecule is CC(=O)C1CCCN(C(=O)C(C)NC(=O)CNC(=O)C(C)(C)/C=C/c2cnc3ccc(C(C)C)cc3c2)N1. The van der Waals surface area contributed by atoms with Crippen molar-refractivity contribution in [1.29, 1.82) is 0 Å². The Labute approximate surface area is 224 Å². The minimum atomic E-state index is -0.879. The molecular weight excluding hydrogens is 482 g/mol. The van der Waals surface area contributed by atoms with Crippen molar-refractivity contribution in [3.05, 3.63) is 47.7 Å². The first-order valence-corrected chi connectivity index (χ1v) is 13.1. The van der Waals surface area contributed by atoms with Gasteiger partial charge in [-0.15, -0.1) is 0 Å². The quantitative estimate of drug-likeness (QED) is 0.466.